The fraction of sp³-hybridized carbons (Fsp3) is 0.200. The van der Waals surface area contributed by atoms with Gasteiger partial charge in [0.1, 0.15) is 5.75 Å². The van der Waals surface area contributed by atoms with Gasteiger partial charge >= 0.3 is 0 Å². The summed E-state index contributed by atoms with van der Waals surface area (Å²) in [5.41, 5.74) is 2.87. The zero-order valence-corrected chi connectivity index (χ0v) is 12.7. The number of ether oxygens (including phenoxy) is 1. The third-order valence-electron chi connectivity index (χ3n) is 3.41. The van der Waals surface area contributed by atoms with E-state index in [1.54, 1.807) is 12.1 Å². The molecule has 0 bridgehead atoms. The summed E-state index contributed by atoms with van der Waals surface area (Å²) < 4.78 is 6.29. The predicted octanol–water partition coefficient (Wildman–Crippen LogP) is 3.90. The van der Waals surface area contributed by atoms with Crippen LogP contribution in [-0.2, 0) is 13.0 Å². The van der Waals surface area contributed by atoms with Gasteiger partial charge in [0.15, 0.2) is 0 Å². The molecule has 3 rings (SSSR count). The van der Waals surface area contributed by atoms with Crippen molar-refractivity contribution in [2.24, 2.45) is 0 Å². The van der Waals surface area contributed by atoms with E-state index in [1.807, 2.05) is 18.2 Å². The molecule has 0 saturated heterocycles. The molecule has 1 N–H and O–H groups in total. The van der Waals surface area contributed by atoms with Crippen LogP contribution in [0.1, 0.15) is 11.1 Å². The molecule has 21 heavy (non-hydrogen) atoms. The summed E-state index contributed by atoms with van der Waals surface area (Å²) in [6, 6.07) is 10.8. The second-order valence-electron chi connectivity index (χ2n) is 4.80. The van der Waals surface area contributed by atoms with Crippen molar-refractivity contribution in [2.75, 3.05) is 11.9 Å². The van der Waals surface area contributed by atoms with E-state index in [4.69, 9.17) is 4.74 Å². The van der Waals surface area contributed by atoms with Gasteiger partial charge in [-0.1, -0.05) is 15.9 Å². The first kappa shape index (κ1) is 13.9. The third-order valence-corrected chi connectivity index (χ3v) is 3.90. The topological polar surface area (TPSA) is 64.4 Å². The van der Waals surface area contributed by atoms with Crippen molar-refractivity contribution >= 4 is 27.3 Å². The molecule has 0 amide bonds. The molecule has 0 aromatic heterocycles. The first-order valence-electron chi connectivity index (χ1n) is 6.56. The largest absolute Gasteiger partial charge is 0.493 e. The number of fused-ring (bicyclic) bond motifs is 1. The molecule has 0 spiro atoms. The van der Waals surface area contributed by atoms with Gasteiger partial charge in [-0.25, -0.2) is 0 Å². The highest BCUT2D eigenvalue weighted by Gasteiger charge is 2.15. The minimum atomic E-state index is -0.361. The monoisotopic (exact) mass is 348 g/mol. The lowest BCUT2D eigenvalue weighted by molar-refractivity contribution is -0.385. The molecule has 0 fully saturated rings. The number of nitrogens with zero attached hydrogens (tertiary/aromatic N) is 1. The van der Waals surface area contributed by atoms with Gasteiger partial charge in [-0.3, -0.25) is 10.1 Å². The molecule has 1 aliphatic rings. The first-order chi connectivity index (χ1) is 10.1. The number of nitro groups is 1. The van der Waals surface area contributed by atoms with Crippen LogP contribution in [0, 0.1) is 10.1 Å². The molecular weight excluding hydrogens is 336 g/mol. The Kier molecular flexibility index (Phi) is 3.79. The Morgan fingerprint density at radius 2 is 2.14 bits per heavy atom. The molecule has 6 heteroatoms. The highest BCUT2D eigenvalue weighted by atomic mass is 79.9. The fourth-order valence-electron chi connectivity index (χ4n) is 2.37. The third kappa shape index (κ3) is 3.00. The maximum absolute atomic E-state index is 11.0. The number of nitrogens with one attached hydrogen (secondary N) is 1. The van der Waals surface area contributed by atoms with Crippen LogP contribution in [0.2, 0.25) is 0 Å². The van der Waals surface area contributed by atoms with Gasteiger partial charge in [-0.2, -0.15) is 0 Å². The number of hydrogen-bond acceptors (Lipinski definition) is 4. The van der Waals surface area contributed by atoms with Crippen LogP contribution in [0.15, 0.2) is 40.9 Å². The molecule has 2 aromatic carbocycles. The highest BCUT2D eigenvalue weighted by Crippen LogP contribution is 2.29. The van der Waals surface area contributed by atoms with E-state index >= 15 is 0 Å². The van der Waals surface area contributed by atoms with E-state index in [2.05, 4.69) is 21.2 Å². The van der Waals surface area contributed by atoms with Crippen molar-refractivity contribution in [3.05, 3.63) is 62.1 Å². The van der Waals surface area contributed by atoms with Crippen LogP contribution in [0.25, 0.3) is 0 Å². The van der Waals surface area contributed by atoms with Crippen LogP contribution in [0.3, 0.4) is 0 Å². The quantitative estimate of drug-likeness (QED) is 0.672. The smallest absolute Gasteiger partial charge is 0.274 e. The van der Waals surface area contributed by atoms with Gasteiger partial charge in [-0.05, 0) is 35.9 Å². The molecule has 0 unspecified atom stereocenters. The maximum atomic E-state index is 11.0. The molecule has 1 heterocycles. The van der Waals surface area contributed by atoms with Crippen molar-refractivity contribution in [2.45, 2.75) is 13.0 Å². The summed E-state index contributed by atoms with van der Waals surface area (Å²) in [6.07, 6.45) is 0.905. The normalized spacial score (nSPS) is 12.6. The minimum Gasteiger partial charge on any atom is -0.493 e. The number of benzene rings is 2. The Morgan fingerprint density at radius 3 is 2.95 bits per heavy atom. The van der Waals surface area contributed by atoms with E-state index in [0.29, 0.717) is 12.1 Å². The molecule has 1 aliphatic heterocycles. The maximum Gasteiger partial charge on any atom is 0.274 e. The molecule has 0 radical (unpaired) electrons. The summed E-state index contributed by atoms with van der Waals surface area (Å²) in [6.45, 7) is 1.12. The van der Waals surface area contributed by atoms with Gasteiger partial charge in [0.05, 0.1) is 11.5 Å². The second kappa shape index (κ2) is 5.73. The van der Waals surface area contributed by atoms with Crippen LogP contribution >= 0.6 is 15.9 Å². The lowest BCUT2D eigenvalue weighted by atomic mass is 10.1. The van der Waals surface area contributed by atoms with Crippen molar-refractivity contribution < 1.29 is 9.66 Å². The summed E-state index contributed by atoms with van der Waals surface area (Å²) in [7, 11) is 0. The van der Waals surface area contributed by atoms with E-state index in [0.717, 1.165) is 28.9 Å². The average molecular weight is 349 g/mol. The zero-order chi connectivity index (χ0) is 14.8. The second-order valence-corrected chi connectivity index (χ2v) is 5.72. The van der Waals surface area contributed by atoms with Crippen LogP contribution in [0.5, 0.6) is 5.75 Å². The zero-order valence-electron chi connectivity index (χ0n) is 11.1. The van der Waals surface area contributed by atoms with Gasteiger partial charge in [-0.15, -0.1) is 0 Å². The van der Waals surface area contributed by atoms with Gasteiger partial charge in [0, 0.05) is 34.8 Å². The van der Waals surface area contributed by atoms with Crippen molar-refractivity contribution in [1.29, 1.82) is 0 Å². The molecule has 0 saturated carbocycles. The van der Waals surface area contributed by atoms with Gasteiger partial charge in [0.2, 0.25) is 0 Å². The lowest BCUT2D eigenvalue weighted by Gasteiger charge is -2.09. The predicted molar refractivity (Wildman–Crippen MR) is 83.8 cm³/mol. The van der Waals surface area contributed by atoms with Gasteiger partial charge < -0.3 is 10.1 Å². The van der Waals surface area contributed by atoms with E-state index in [1.165, 1.54) is 11.6 Å². The standard InChI is InChI=1S/C15H13BrN2O3/c16-12-1-3-14(18(19)20)11(7-12)9-17-13-2-4-15-10(8-13)5-6-21-15/h1-4,7-8,17H,5-6,9H2. The summed E-state index contributed by atoms with van der Waals surface area (Å²) in [5, 5.41) is 14.3. The number of nitro benzene ring substituents is 1. The highest BCUT2D eigenvalue weighted by molar-refractivity contribution is 9.10. The van der Waals surface area contributed by atoms with Crippen molar-refractivity contribution in [3.8, 4) is 5.75 Å². The Labute approximate surface area is 130 Å². The minimum absolute atomic E-state index is 0.121. The molecule has 0 aliphatic carbocycles. The number of rotatable bonds is 4. The molecule has 2 aromatic rings. The average Bonchev–Trinajstić information content (AvgIpc) is 2.92. The van der Waals surface area contributed by atoms with E-state index < -0.39 is 0 Å². The van der Waals surface area contributed by atoms with Gasteiger partial charge in [0.25, 0.3) is 5.69 Å². The Balaban J connectivity index is 1.78. The SMILES string of the molecule is O=[N+]([O-])c1ccc(Br)cc1CNc1ccc2c(c1)CCO2. The Bertz CT molecular complexity index is 703. The Morgan fingerprint density at radius 1 is 1.29 bits per heavy atom. The van der Waals surface area contributed by atoms with Crippen LogP contribution in [0.4, 0.5) is 11.4 Å². The lowest BCUT2D eigenvalue weighted by Crippen LogP contribution is -2.03. The Hall–Kier alpha value is -2.08. The number of hydrogen-bond donors (Lipinski definition) is 1. The van der Waals surface area contributed by atoms with Crippen molar-refractivity contribution in [3.63, 3.8) is 0 Å². The molecule has 108 valence electrons. The van der Waals surface area contributed by atoms with Crippen LogP contribution in [-0.4, -0.2) is 11.5 Å². The van der Waals surface area contributed by atoms with E-state index in [-0.39, 0.29) is 10.6 Å². The number of anilines is 1. The molecule has 5 nitrogen and oxygen atoms in total. The first-order valence-corrected chi connectivity index (χ1v) is 7.35. The fourth-order valence-corrected chi connectivity index (χ4v) is 2.78. The van der Waals surface area contributed by atoms with Crippen LogP contribution < -0.4 is 10.1 Å². The summed E-state index contributed by atoms with van der Waals surface area (Å²) >= 11 is 3.35. The summed E-state index contributed by atoms with van der Waals surface area (Å²) in [4.78, 5) is 10.7. The van der Waals surface area contributed by atoms with Crippen molar-refractivity contribution in [1.82, 2.24) is 0 Å². The summed E-state index contributed by atoms with van der Waals surface area (Å²) in [5.74, 6) is 0.925. The number of halogens is 1. The molecular formula is C15H13BrN2O3. The van der Waals surface area contributed by atoms with E-state index in [9.17, 15) is 10.1 Å². The molecule has 0 atom stereocenters.